The van der Waals surface area contributed by atoms with E-state index < -0.39 is 28.0 Å². The molecule has 0 saturated carbocycles. The van der Waals surface area contributed by atoms with Crippen LogP contribution < -0.4 is 5.32 Å². The minimum absolute atomic E-state index is 0.0250. The zero-order valence-electron chi connectivity index (χ0n) is 16.4. The summed E-state index contributed by atoms with van der Waals surface area (Å²) in [5, 5.41) is 2.57. The van der Waals surface area contributed by atoms with E-state index in [1.165, 1.54) is 35.5 Å². The predicted octanol–water partition coefficient (Wildman–Crippen LogP) is 2.11. The Morgan fingerprint density at radius 2 is 1.86 bits per heavy atom. The number of amides is 1. The Morgan fingerprint density at radius 1 is 1.14 bits per heavy atom. The molecule has 2 aromatic rings. The molecule has 1 amide bonds. The fourth-order valence-corrected chi connectivity index (χ4v) is 4.67. The first-order valence-corrected chi connectivity index (χ1v) is 10.9. The van der Waals surface area contributed by atoms with Crippen molar-refractivity contribution in [1.29, 1.82) is 0 Å². The Labute approximate surface area is 170 Å². The smallest absolute Gasteiger partial charge is 0.338 e. The Balaban J connectivity index is 1.78. The maximum Gasteiger partial charge on any atom is 0.338 e. The van der Waals surface area contributed by atoms with Crippen molar-refractivity contribution in [2.45, 2.75) is 37.8 Å². The fraction of sp³-hybridized carbons (Fsp3) is 0.333. The molecule has 0 aromatic heterocycles. The van der Waals surface area contributed by atoms with Crippen LogP contribution >= 0.6 is 0 Å². The van der Waals surface area contributed by atoms with Crippen molar-refractivity contribution in [3.05, 3.63) is 65.2 Å². The van der Waals surface area contributed by atoms with Gasteiger partial charge in [0.2, 0.25) is 10.0 Å². The summed E-state index contributed by atoms with van der Waals surface area (Å²) in [4.78, 5) is 24.1. The normalized spacial score (nSPS) is 15.2. The molecule has 1 aliphatic heterocycles. The van der Waals surface area contributed by atoms with Gasteiger partial charge in [-0.1, -0.05) is 30.3 Å². The number of rotatable bonds is 6. The molecule has 0 unspecified atom stereocenters. The number of carbonyl (C=O) groups excluding carboxylic acids is 2. The van der Waals surface area contributed by atoms with Crippen LogP contribution in [0.4, 0.5) is 0 Å². The fourth-order valence-electron chi connectivity index (χ4n) is 3.21. The molecule has 0 spiro atoms. The van der Waals surface area contributed by atoms with Crippen LogP contribution in [0.2, 0.25) is 0 Å². The summed E-state index contributed by atoms with van der Waals surface area (Å²) in [5.41, 5.74) is 2.21. The van der Waals surface area contributed by atoms with Crippen LogP contribution in [0.15, 0.2) is 53.4 Å². The van der Waals surface area contributed by atoms with Crippen LogP contribution in [0.25, 0.3) is 0 Å². The van der Waals surface area contributed by atoms with Gasteiger partial charge in [-0.3, -0.25) is 4.79 Å². The standard InChI is InChI=1S/C21H24N2O5S/c1-3-22-20(24)15(2)28-21(25)17-9-6-10-19(13-17)29(26,27)23-12-11-16-7-4-5-8-18(16)14-23/h4-10,13,15H,3,11-12,14H2,1-2H3,(H,22,24)/t15-/m0/s1. The highest BCUT2D eigenvalue weighted by Crippen LogP contribution is 2.25. The monoisotopic (exact) mass is 416 g/mol. The van der Waals surface area contributed by atoms with E-state index >= 15 is 0 Å². The van der Waals surface area contributed by atoms with E-state index in [4.69, 9.17) is 4.74 Å². The van der Waals surface area contributed by atoms with Crippen molar-refractivity contribution in [2.75, 3.05) is 13.1 Å². The Kier molecular flexibility index (Phi) is 6.34. The van der Waals surface area contributed by atoms with Crippen molar-refractivity contribution >= 4 is 21.9 Å². The number of carbonyl (C=O) groups is 2. The SMILES string of the molecule is CCNC(=O)[C@H](C)OC(=O)c1cccc(S(=O)(=O)N2CCc3ccccc3C2)c1. The molecule has 1 atom stereocenters. The van der Waals surface area contributed by atoms with E-state index in [9.17, 15) is 18.0 Å². The average Bonchev–Trinajstić information content (AvgIpc) is 2.73. The third kappa shape index (κ3) is 4.65. The summed E-state index contributed by atoms with van der Waals surface area (Å²) >= 11 is 0. The van der Waals surface area contributed by atoms with Gasteiger partial charge in [-0.25, -0.2) is 13.2 Å². The molecule has 1 aliphatic rings. The molecule has 0 fully saturated rings. The van der Waals surface area contributed by atoms with Gasteiger partial charge in [0.1, 0.15) is 0 Å². The highest BCUT2D eigenvalue weighted by Gasteiger charge is 2.29. The Bertz CT molecular complexity index is 1020. The molecule has 154 valence electrons. The van der Waals surface area contributed by atoms with Crippen LogP contribution in [0, 0.1) is 0 Å². The van der Waals surface area contributed by atoms with E-state index in [2.05, 4.69) is 5.32 Å². The van der Waals surface area contributed by atoms with E-state index in [1.54, 1.807) is 6.92 Å². The van der Waals surface area contributed by atoms with Gasteiger partial charge in [0.25, 0.3) is 5.91 Å². The number of benzene rings is 2. The highest BCUT2D eigenvalue weighted by molar-refractivity contribution is 7.89. The number of nitrogens with one attached hydrogen (secondary N) is 1. The second-order valence-corrected chi connectivity index (χ2v) is 8.77. The van der Waals surface area contributed by atoms with Crippen molar-refractivity contribution < 1.29 is 22.7 Å². The lowest BCUT2D eigenvalue weighted by Gasteiger charge is -2.28. The summed E-state index contributed by atoms with van der Waals surface area (Å²) in [6.07, 6.45) is -0.331. The third-order valence-electron chi connectivity index (χ3n) is 4.81. The summed E-state index contributed by atoms with van der Waals surface area (Å²) in [6, 6.07) is 13.5. The molecule has 29 heavy (non-hydrogen) atoms. The summed E-state index contributed by atoms with van der Waals surface area (Å²) in [7, 11) is -3.77. The third-order valence-corrected chi connectivity index (χ3v) is 6.65. The van der Waals surface area contributed by atoms with Gasteiger partial charge in [0.05, 0.1) is 10.5 Å². The molecular formula is C21H24N2O5S. The maximum absolute atomic E-state index is 13.1. The molecule has 2 aromatic carbocycles. The van der Waals surface area contributed by atoms with E-state index in [0.717, 1.165) is 11.1 Å². The Morgan fingerprint density at radius 3 is 2.59 bits per heavy atom. The lowest BCUT2D eigenvalue weighted by atomic mass is 10.0. The van der Waals surface area contributed by atoms with E-state index in [-0.39, 0.29) is 10.5 Å². The number of esters is 1. The minimum atomic E-state index is -3.77. The summed E-state index contributed by atoms with van der Waals surface area (Å²) < 4.78 is 32.8. The zero-order chi connectivity index (χ0) is 21.0. The number of sulfonamides is 1. The van der Waals surface area contributed by atoms with Gasteiger partial charge in [-0.05, 0) is 49.6 Å². The number of hydrogen-bond acceptors (Lipinski definition) is 5. The first-order chi connectivity index (χ1) is 13.8. The summed E-state index contributed by atoms with van der Waals surface area (Å²) in [6.45, 7) is 4.32. The van der Waals surface area contributed by atoms with Crippen LogP contribution in [-0.2, 0) is 32.5 Å². The molecular weight excluding hydrogens is 392 g/mol. The van der Waals surface area contributed by atoms with E-state index in [0.29, 0.717) is 26.1 Å². The van der Waals surface area contributed by atoms with E-state index in [1.807, 2.05) is 24.3 Å². The topological polar surface area (TPSA) is 92.8 Å². The number of fused-ring (bicyclic) bond motifs is 1. The number of ether oxygens (including phenoxy) is 1. The van der Waals surface area contributed by atoms with Crippen LogP contribution in [0.3, 0.4) is 0 Å². The number of hydrogen-bond donors (Lipinski definition) is 1. The molecule has 3 rings (SSSR count). The van der Waals surface area contributed by atoms with Crippen molar-refractivity contribution in [1.82, 2.24) is 9.62 Å². The molecule has 0 radical (unpaired) electrons. The van der Waals surface area contributed by atoms with Crippen molar-refractivity contribution in [3.63, 3.8) is 0 Å². The van der Waals surface area contributed by atoms with Crippen molar-refractivity contribution in [3.8, 4) is 0 Å². The largest absolute Gasteiger partial charge is 0.449 e. The molecule has 1 heterocycles. The second kappa shape index (κ2) is 8.75. The van der Waals surface area contributed by atoms with Crippen LogP contribution in [0.5, 0.6) is 0 Å². The van der Waals surface area contributed by atoms with Gasteiger partial charge in [-0.15, -0.1) is 0 Å². The lowest BCUT2D eigenvalue weighted by Crippen LogP contribution is -2.36. The number of nitrogens with zero attached hydrogens (tertiary/aromatic N) is 1. The minimum Gasteiger partial charge on any atom is -0.449 e. The van der Waals surface area contributed by atoms with Gasteiger partial charge < -0.3 is 10.1 Å². The van der Waals surface area contributed by atoms with Gasteiger partial charge in [-0.2, -0.15) is 4.31 Å². The van der Waals surface area contributed by atoms with Crippen LogP contribution in [0.1, 0.15) is 35.3 Å². The molecule has 0 saturated heterocycles. The molecule has 1 N–H and O–H groups in total. The highest BCUT2D eigenvalue weighted by atomic mass is 32.2. The molecule has 7 nitrogen and oxygen atoms in total. The number of likely N-dealkylation sites (N-methyl/N-ethyl adjacent to an activating group) is 1. The van der Waals surface area contributed by atoms with Gasteiger partial charge in [0, 0.05) is 19.6 Å². The molecule has 0 aliphatic carbocycles. The average molecular weight is 416 g/mol. The van der Waals surface area contributed by atoms with Crippen molar-refractivity contribution in [2.24, 2.45) is 0 Å². The first-order valence-electron chi connectivity index (χ1n) is 9.48. The first kappa shape index (κ1) is 21.0. The zero-order valence-corrected chi connectivity index (χ0v) is 17.2. The lowest BCUT2D eigenvalue weighted by molar-refractivity contribution is -0.128. The molecule has 8 heteroatoms. The maximum atomic E-state index is 13.1. The summed E-state index contributed by atoms with van der Waals surface area (Å²) in [5.74, 6) is -1.15. The van der Waals surface area contributed by atoms with Crippen LogP contribution in [-0.4, -0.2) is 43.8 Å². The van der Waals surface area contributed by atoms with Gasteiger partial charge >= 0.3 is 5.97 Å². The Hall–Kier alpha value is -2.71. The quantitative estimate of drug-likeness (QED) is 0.728. The predicted molar refractivity (Wildman–Crippen MR) is 108 cm³/mol. The van der Waals surface area contributed by atoms with Gasteiger partial charge in [0.15, 0.2) is 6.10 Å². The molecule has 0 bridgehead atoms. The second-order valence-electron chi connectivity index (χ2n) is 6.83.